The third-order valence-corrected chi connectivity index (χ3v) is 9.66. The molecule has 0 aliphatic carbocycles. The smallest absolute Gasteiger partial charge is 0.135 e. The Labute approximate surface area is 299 Å². The highest BCUT2D eigenvalue weighted by Crippen LogP contribution is 2.41. The summed E-state index contributed by atoms with van der Waals surface area (Å²) in [6.07, 6.45) is 4.41. The van der Waals surface area contributed by atoms with Gasteiger partial charge >= 0.3 is 0 Å². The van der Waals surface area contributed by atoms with Crippen LogP contribution in [0.25, 0.3) is 44.5 Å². The van der Waals surface area contributed by atoms with Gasteiger partial charge in [0.2, 0.25) is 0 Å². The predicted octanol–water partition coefficient (Wildman–Crippen LogP) is 14.2. The van der Waals surface area contributed by atoms with Crippen molar-refractivity contribution >= 4 is 0 Å². The summed E-state index contributed by atoms with van der Waals surface area (Å²) in [6.45, 7) is 13.5. The Morgan fingerprint density at radius 1 is 0.440 bits per heavy atom. The monoisotopic (exact) mass is 658 g/mol. The quantitative estimate of drug-likeness (QED) is 0.123. The molecule has 254 valence electrons. The molecule has 6 rings (SSSR count). The van der Waals surface area contributed by atoms with E-state index in [1.54, 1.807) is 0 Å². The minimum atomic E-state index is -0.256. The fraction of sp³-hybridized carbons (Fsp3) is 0.250. The van der Waals surface area contributed by atoms with Gasteiger partial charge in [-0.05, 0) is 107 Å². The van der Waals surface area contributed by atoms with E-state index < -0.39 is 0 Å². The molecule has 0 saturated carbocycles. The molecule has 0 bridgehead atoms. The Bertz CT molecular complexity index is 1990. The van der Waals surface area contributed by atoms with E-state index in [4.69, 9.17) is 9.47 Å². The molecular formula is C48H50O2. The lowest BCUT2D eigenvalue weighted by Crippen LogP contribution is -2.28. The number of ether oxygens (including phenoxy) is 2. The lowest BCUT2D eigenvalue weighted by Gasteiger charge is -2.28. The van der Waals surface area contributed by atoms with Gasteiger partial charge in [0.05, 0.1) is 0 Å². The number of hydrogen-bond acceptors (Lipinski definition) is 2. The fourth-order valence-corrected chi connectivity index (χ4v) is 6.96. The fourth-order valence-electron chi connectivity index (χ4n) is 6.96. The lowest BCUT2D eigenvalue weighted by molar-refractivity contribution is 0.0993. The van der Waals surface area contributed by atoms with Gasteiger partial charge in [0.1, 0.15) is 22.8 Å². The van der Waals surface area contributed by atoms with E-state index in [2.05, 4.69) is 187 Å². The van der Waals surface area contributed by atoms with Crippen LogP contribution >= 0.6 is 0 Å². The van der Waals surface area contributed by atoms with Gasteiger partial charge in [-0.25, -0.2) is 0 Å². The Morgan fingerprint density at radius 2 is 0.900 bits per heavy atom. The van der Waals surface area contributed by atoms with Crippen LogP contribution in [0, 0.1) is 0 Å². The lowest BCUT2D eigenvalue weighted by atomic mass is 9.80. The van der Waals surface area contributed by atoms with E-state index in [9.17, 15) is 0 Å². The van der Waals surface area contributed by atoms with Crippen LogP contribution in [0.5, 0.6) is 17.2 Å². The van der Waals surface area contributed by atoms with Crippen LogP contribution in [0.15, 0.2) is 146 Å². The van der Waals surface area contributed by atoms with E-state index in [1.165, 1.54) is 29.5 Å². The standard InChI is InChI=1S/C48H50O2/c1-7-31-47(3,4)41-25-19-35(20-26-41)36-21-27-42(28-22-36)49-45-29-23-39(33-43(45)37-15-11-9-12-16-37)40-24-30-46(50-48(5,6)32-8-2)44(34-40)38-17-13-10-14-18-38/h9-30,33-34H,7-8,31-32H2,1-6H3. The minimum absolute atomic E-state index is 0.185. The van der Waals surface area contributed by atoms with Crippen LogP contribution in [0.2, 0.25) is 0 Å². The zero-order chi connectivity index (χ0) is 35.1. The molecule has 0 aliphatic heterocycles. The zero-order valence-corrected chi connectivity index (χ0v) is 30.5. The summed E-state index contributed by atoms with van der Waals surface area (Å²) >= 11 is 0. The highest BCUT2D eigenvalue weighted by atomic mass is 16.5. The molecule has 0 aliphatic rings. The largest absolute Gasteiger partial charge is 0.487 e. The maximum Gasteiger partial charge on any atom is 0.135 e. The van der Waals surface area contributed by atoms with Crippen LogP contribution in [0.3, 0.4) is 0 Å². The van der Waals surface area contributed by atoms with Gasteiger partial charge in [0, 0.05) is 11.1 Å². The second-order valence-electron chi connectivity index (χ2n) is 14.6. The van der Waals surface area contributed by atoms with Crippen LogP contribution < -0.4 is 9.47 Å². The Hall–Kier alpha value is -5.08. The zero-order valence-electron chi connectivity index (χ0n) is 30.5. The molecule has 2 heteroatoms. The first-order valence-electron chi connectivity index (χ1n) is 18.1. The SMILES string of the molecule is CCCC(C)(C)Oc1ccc(-c2ccc(Oc3ccc(-c4ccc(C(C)(C)CCC)cc4)cc3)c(-c3ccccc3)c2)cc1-c1ccccc1. The molecule has 0 heterocycles. The van der Waals surface area contributed by atoms with Crippen molar-refractivity contribution in [3.8, 4) is 61.8 Å². The van der Waals surface area contributed by atoms with Crippen molar-refractivity contribution < 1.29 is 9.47 Å². The highest BCUT2D eigenvalue weighted by molar-refractivity contribution is 5.82. The maximum absolute atomic E-state index is 6.64. The van der Waals surface area contributed by atoms with Crippen molar-refractivity contribution in [1.82, 2.24) is 0 Å². The van der Waals surface area contributed by atoms with Crippen molar-refractivity contribution in [2.75, 3.05) is 0 Å². The Morgan fingerprint density at radius 3 is 1.42 bits per heavy atom. The van der Waals surface area contributed by atoms with Gasteiger partial charge in [0.15, 0.2) is 0 Å². The summed E-state index contributed by atoms with van der Waals surface area (Å²) < 4.78 is 13.2. The van der Waals surface area contributed by atoms with Crippen LogP contribution in [-0.4, -0.2) is 5.60 Å². The average Bonchev–Trinajstić information content (AvgIpc) is 3.13. The van der Waals surface area contributed by atoms with Crippen LogP contribution in [-0.2, 0) is 5.41 Å². The maximum atomic E-state index is 6.64. The molecule has 0 atom stereocenters. The molecule has 0 amide bonds. The summed E-state index contributed by atoms with van der Waals surface area (Å²) in [4.78, 5) is 0. The van der Waals surface area contributed by atoms with Crippen molar-refractivity contribution in [3.63, 3.8) is 0 Å². The van der Waals surface area contributed by atoms with Crippen LogP contribution in [0.4, 0.5) is 0 Å². The summed E-state index contributed by atoms with van der Waals surface area (Å²) in [6, 6.07) is 51.5. The molecule has 2 nitrogen and oxygen atoms in total. The number of hydrogen-bond donors (Lipinski definition) is 0. The van der Waals surface area contributed by atoms with Gasteiger partial charge in [-0.3, -0.25) is 0 Å². The molecule has 0 aromatic heterocycles. The molecule has 6 aromatic carbocycles. The first-order chi connectivity index (χ1) is 24.2. The molecule has 0 spiro atoms. The van der Waals surface area contributed by atoms with Gasteiger partial charge in [0.25, 0.3) is 0 Å². The first-order valence-corrected chi connectivity index (χ1v) is 18.1. The first kappa shape index (κ1) is 34.8. The predicted molar refractivity (Wildman–Crippen MR) is 212 cm³/mol. The minimum Gasteiger partial charge on any atom is -0.487 e. The Kier molecular flexibility index (Phi) is 10.6. The van der Waals surface area contributed by atoms with Crippen LogP contribution in [0.1, 0.15) is 72.8 Å². The van der Waals surface area contributed by atoms with E-state index in [0.29, 0.717) is 0 Å². The second kappa shape index (κ2) is 15.2. The van der Waals surface area contributed by atoms with E-state index in [0.717, 1.165) is 63.5 Å². The molecule has 0 radical (unpaired) electrons. The normalized spacial score (nSPS) is 11.7. The summed E-state index contributed by atoms with van der Waals surface area (Å²) in [5, 5.41) is 0. The van der Waals surface area contributed by atoms with E-state index in [-0.39, 0.29) is 11.0 Å². The summed E-state index contributed by atoms with van der Waals surface area (Å²) in [7, 11) is 0. The second-order valence-corrected chi connectivity index (χ2v) is 14.6. The topological polar surface area (TPSA) is 18.5 Å². The van der Waals surface area contributed by atoms with Gasteiger partial charge < -0.3 is 9.47 Å². The average molecular weight is 659 g/mol. The van der Waals surface area contributed by atoms with Gasteiger partial charge in [-0.2, -0.15) is 0 Å². The summed E-state index contributed by atoms with van der Waals surface area (Å²) in [5.74, 6) is 2.53. The van der Waals surface area contributed by atoms with E-state index in [1.807, 2.05) is 0 Å². The van der Waals surface area contributed by atoms with Gasteiger partial charge in [-0.1, -0.05) is 150 Å². The van der Waals surface area contributed by atoms with E-state index >= 15 is 0 Å². The molecule has 6 aromatic rings. The molecule has 0 unspecified atom stereocenters. The third-order valence-electron chi connectivity index (χ3n) is 9.66. The summed E-state index contributed by atoms with van der Waals surface area (Å²) in [5.41, 5.74) is 10.3. The van der Waals surface area contributed by atoms with Gasteiger partial charge in [-0.15, -0.1) is 0 Å². The Balaban J connectivity index is 1.31. The van der Waals surface area contributed by atoms with Crippen molar-refractivity contribution in [3.05, 3.63) is 151 Å². The third kappa shape index (κ3) is 8.20. The number of benzene rings is 6. The molecule has 0 N–H and O–H groups in total. The van der Waals surface area contributed by atoms with Crippen molar-refractivity contribution in [1.29, 1.82) is 0 Å². The van der Waals surface area contributed by atoms with Crippen molar-refractivity contribution in [2.45, 2.75) is 78.2 Å². The molecule has 0 fully saturated rings. The number of rotatable bonds is 13. The highest BCUT2D eigenvalue weighted by Gasteiger charge is 2.22. The molecule has 0 saturated heterocycles. The molecular weight excluding hydrogens is 609 g/mol. The van der Waals surface area contributed by atoms with Crippen molar-refractivity contribution in [2.24, 2.45) is 0 Å². The molecule has 50 heavy (non-hydrogen) atoms.